The van der Waals surface area contributed by atoms with E-state index in [0.717, 1.165) is 22.4 Å². The van der Waals surface area contributed by atoms with Gasteiger partial charge in [-0.25, -0.2) is 0 Å². The quantitative estimate of drug-likeness (QED) is 0.481. The molecule has 1 amide bonds. The molecule has 1 heterocycles. The summed E-state index contributed by atoms with van der Waals surface area (Å²) in [6, 6.07) is 15.5. The minimum atomic E-state index is -0.0509. The summed E-state index contributed by atoms with van der Waals surface area (Å²) in [4.78, 5) is 12.4. The Morgan fingerprint density at radius 1 is 1.17 bits per heavy atom. The molecule has 0 saturated heterocycles. The second-order valence-electron chi connectivity index (χ2n) is 6.67. The van der Waals surface area contributed by atoms with Gasteiger partial charge in [0, 0.05) is 31.7 Å². The highest BCUT2D eigenvalue weighted by Gasteiger charge is 2.11. The van der Waals surface area contributed by atoms with E-state index in [-0.39, 0.29) is 5.91 Å². The van der Waals surface area contributed by atoms with Crippen LogP contribution in [0.5, 0.6) is 5.75 Å². The van der Waals surface area contributed by atoms with Crippen molar-refractivity contribution in [1.82, 2.24) is 20.1 Å². The van der Waals surface area contributed by atoms with E-state index in [2.05, 4.69) is 15.5 Å². The maximum Gasteiger partial charge on any atom is 0.222 e. The molecular formula is C22H26N4O3S. The van der Waals surface area contributed by atoms with Crippen molar-refractivity contribution in [2.24, 2.45) is 0 Å². The minimum Gasteiger partial charge on any atom is -0.497 e. The Bertz CT molecular complexity index is 1030. The van der Waals surface area contributed by atoms with Gasteiger partial charge in [-0.05, 0) is 54.5 Å². The Morgan fingerprint density at radius 2 is 1.90 bits per heavy atom. The van der Waals surface area contributed by atoms with Crippen LogP contribution < -0.4 is 10.1 Å². The number of nitrogens with zero attached hydrogens (tertiary/aromatic N) is 2. The van der Waals surface area contributed by atoms with Crippen molar-refractivity contribution < 1.29 is 14.3 Å². The first-order valence-electron chi connectivity index (χ1n) is 9.83. The molecule has 2 N–H and O–H groups in total. The van der Waals surface area contributed by atoms with Gasteiger partial charge in [-0.3, -0.25) is 14.5 Å². The molecule has 0 unspecified atom stereocenters. The van der Waals surface area contributed by atoms with Crippen molar-refractivity contribution in [3.8, 4) is 17.1 Å². The van der Waals surface area contributed by atoms with E-state index in [0.29, 0.717) is 43.3 Å². The van der Waals surface area contributed by atoms with E-state index in [9.17, 15) is 4.79 Å². The van der Waals surface area contributed by atoms with Gasteiger partial charge in [0.05, 0.1) is 13.7 Å². The number of amides is 1. The third-order valence-corrected chi connectivity index (χ3v) is 5.04. The number of aromatic nitrogens is 3. The Morgan fingerprint density at radius 3 is 2.60 bits per heavy atom. The monoisotopic (exact) mass is 426 g/mol. The van der Waals surface area contributed by atoms with Crippen molar-refractivity contribution in [2.45, 2.75) is 33.0 Å². The Kier molecular flexibility index (Phi) is 7.75. The molecule has 3 aromatic rings. The molecule has 0 radical (unpaired) electrons. The van der Waals surface area contributed by atoms with E-state index < -0.39 is 0 Å². The highest BCUT2D eigenvalue weighted by atomic mass is 32.1. The van der Waals surface area contributed by atoms with Gasteiger partial charge in [-0.15, -0.1) is 0 Å². The Labute approximate surface area is 181 Å². The maximum absolute atomic E-state index is 12.4. The second-order valence-corrected chi connectivity index (χ2v) is 7.05. The Hall–Kier alpha value is -2.97. The zero-order valence-corrected chi connectivity index (χ0v) is 18.0. The molecule has 1 aromatic heterocycles. The number of hydrogen-bond acceptors (Lipinski definition) is 5. The largest absolute Gasteiger partial charge is 0.497 e. The van der Waals surface area contributed by atoms with Crippen LogP contribution in [0.2, 0.25) is 0 Å². The number of hydrogen-bond donors (Lipinski definition) is 2. The van der Waals surface area contributed by atoms with Gasteiger partial charge in [-0.2, -0.15) is 5.10 Å². The van der Waals surface area contributed by atoms with Crippen LogP contribution in [0.15, 0.2) is 48.5 Å². The highest BCUT2D eigenvalue weighted by Crippen LogP contribution is 2.21. The molecule has 2 aromatic carbocycles. The van der Waals surface area contributed by atoms with Gasteiger partial charge in [0.15, 0.2) is 10.6 Å². The molecule has 0 aliphatic heterocycles. The average molecular weight is 427 g/mol. The fourth-order valence-electron chi connectivity index (χ4n) is 3.06. The van der Waals surface area contributed by atoms with Crippen LogP contribution in [-0.4, -0.2) is 34.4 Å². The summed E-state index contributed by atoms with van der Waals surface area (Å²) in [5, 5.41) is 10.1. The fraction of sp³-hybridized carbons (Fsp3) is 0.318. The van der Waals surface area contributed by atoms with Crippen LogP contribution in [-0.2, 0) is 29.2 Å². The van der Waals surface area contributed by atoms with Crippen molar-refractivity contribution >= 4 is 18.1 Å². The van der Waals surface area contributed by atoms with E-state index in [4.69, 9.17) is 21.7 Å². The van der Waals surface area contributed by atoms with Gasteiger partial charge in [0.2, 0.25) is 5.91 Å². The summed E-state index contributed by atoms with van der Waals surface area (Å²) in [5.74, 6) is 1.41. The second kappa shape index (κ2) is 10.7. The molecule has 7 nitrogen and oxygen atoms in total. The number of benzene rings is 2. The molecule has 158 valence electrons. The number of methoxy groups -OCH3 is 1. The van der Waals surface area contributed by atoms with Crippen LogP contribution in [0.25, 0.3) is 11.4 Å². The van der Waals surface area contributed by atoms with Gasteiger partial charge in [0.25, 0.3) is 0 Å². The highest BCUT2D eigenvalue weighted by molar-refractivity contribution is 7.71. The van der Waals surface area contributed by atoms with Gasteiger partial charge < -0.3 is 14.8 Å². The lowest BCUT2D eigenvalue weighted by molar-refractivity contribution is -0.121. The van der Waals surface area contributed by atoms with Gasteiger partial charge in [-0.1, -0.05) is 24.3 Å². The van der Waals surface area contributed by atoms with Crippen LogP contribution in [0.1, 0.15) is 24.5 Å². The third-order valence-electron chi connectivity index (χ3n) is 4.73. The number of aromatic amines is 1. The first kappa shape index (κ1) is 21.7. The topological polar surface area (TPSA) is 81.2 Å². The molecule has 30 heavy (non-hydrogen) atoms. The van der Waals surface area contributed by atoms with E-state index in [1.165, 1.54) is 0 Å². The van der Waals surface area contributed by atoms with Crippen LogP contribution in [0, 0.1) is 4.77 Å². The smallest absolute Gasteiger partial charge is 0.222 e. The molecule has 8 heteroatoms. The van der Waals surface area contributed by atoms with Crippen molar-refractivity contribution in [1.29, 1.82) is 0 Å². The Balaban J connectivity index is 1.60. The van der Waals surface area contributed by atoms with Crippen LogP contribution in [0.3, 0.4) is 0 Å². The van der Waals surface area contributed by atoms with Crippen molar-refractivity contribution in [3.63, 3.8) is 0 Å². The summed E-state index contributed by atoms with van der Waals surface area (Å²) in [6.07, 6.45) is 0.296. The summed E-state index contributed by atoms with van der Waals surface area (Å²) < 4.78 is 13.0. The van der Waals surface area contributed by atoms with Crippen LogP contribution in [0.4, 0.5) is 0 Å². The zero-order valence-electron chi connectivity index (χ0n) is 17.2. The van der Waals surface area contributed by atoms with E-state index >= 15 is 0 Å². The van der Waals surface area contributed by atoms with Gasteiger partial charge in [0.1, 0.15) is 5.75 Å². The zero-order chi connectivity index (χ0) is 21.3. The van der Waals surface area contributed by atoms with Crippen molar-refractivity contribution in [2.75, 3.05) is 13.7 Å². The van der Waals surface area contributed by atoms with E-state index in [1.807, 2.05) is 60.0 Å². The average Bonchev–Trinajstić information content (AvgIpc) is 3.15. The molecule has 0 aliphatic carbocycles. The number of carbonyl (C=O) groups is 1. The lowest BCUT2D eigenvalue weighted by Gasteiger charge is -2.11. The molecule has 0 atom stereocenters. The third kappa shape index (κ3) is 5.55. The standard InChI is InChI=1S/C22H26N4O3S/c1-3-29-15-18-7-5-4-6-17(18)14-23-20(27)12-13-26-21(24-25-22(26)30)16-8-10-19(28-2)11-9-16/h4-11H,3,12-15H2,1-2H3,(H,23,27)(H,25,30). The number of nitrogens with one attached hydrogen (secondary N) is 2. The molecule has 0 bridgehead atoms. The number of ether oxygens (including phenoxy) is 2. The minimum absolute atomic E-state index is 0.0509. The molecule has 0 aliphatic rings. The number of carbonyl (C=O) groups excluding carboxylic acids is 1. The SMILES string of the molecule is CCOCc1ccccc1CNC(=O)CCn1c(-c2ccc(OC)cc2)n[nH]c1=S. The maximum atomic E-state index is 12.4. The lowest BCUT2D eigenvalue weighted by atomic mass is 10.1. The lowest BCUT2D eigenvalue weighted by Crippen LogP contribution is -2.24. The molecule has 0 spiro atoms. The molecule has 0 fully saturated rings. The first-order chi connectivity index (χ1) is 14.6. The van der Waals surface area contributed by atoms with Gasteiger partial charge >= 0.3 is 0 Å². The number of rotatable bonds is 10. The summed E-state index contributed by atoms with van der Waals surface area (Å²) in [5.41, 5.74) is 3.03. The van der Waals surface area contributed by atoms with Crippen LogP contribution >= 0.6 is 12.2 Å². The molecule has 0 saturated carbocycles. The summed E-state index contributed by atoms with van der Waals surface area (Å²) >= 11 is 5.35. The normalized spacial score (nSPS) is 10.7. The van der Waals surface area contributed by atoms with Crippen molar-refractivity contribution in [3.05, 3.63) is 64.4 Å². The molecule has 3 rings (SSSR count). The summed E-state index contributed by atoms with van der Waals surface area (Å²) in [7, 11) is 1.62. The molecular weight excluding hydrogens is 400 g/mol. The predicted molar refractivity (Wildman–Crippen MR) is 118 cm³/mol. The summed E-state index contributed by atoms with van der Waals surface area (Å²) in [6.45, 7) is 4.05. The predicted octanol–water partition coefficient (Wildman–Crippen LogP) is 3.86. The first-order valence-corrected chi connectivity index (χ1v) is 10.2. The van der Waals surface area contributed by atoms with E-state index in [1.54, 1.807) is 7.11 Å². The fourth-order valence-corrected chi connectivity index (χ4v) is 3.29. The number of H-pyrrole nitrogens is 1.